The smallest absolute Gasteiger partial charge is 0.255 e. The molecular formula is C11H16FN3O2. The minimum absolute atomic E-state index is 0.0986. The van der Waals surface area contributed by atoms with E-state index in [0.717, 1.165) is 12.3 Å². The maximum Gasteiger partial charge on any atom is 0.255 e. The van der Waals surface area contributed by atoms with Gasteiger partial charge in [-0.2, -0.15) is 0 Å². The van der Waals surface area contributed by atoms with Gasteiger partial charge in [0, 0.05) is 20.7 Å². The van der Waals surface area contributed by atoms with Gasteiger partial charge in [0.05, 0.1) is 17.9 Å². The Hall–Kier alpha value is -1.69. The minimum Gasteiger partial charge on any atom is -0.380 e. The normalized spacial score (nSPS) is 12.0. The first-order valence-electron chi connectivity index (χ1n) is 5.22. The summed E-state index contributed by atoms with van der Waals surface area (Å²) in [6.45, 7) is 2.18. The zero-order valence-corrected chi connectivity index (χ0v) is 10.1. The molecular weight excluding hydrogens is 225 g/mol. The fraction of sp³-hybridized carbons (Fsp3) is 0.455. The number of hydrogen-bond donors (Lipinski definition) is 2. The highest BCUT2D eigenvalue weighted by molar-refractivity contribution is 5.98. The molecule has 94 valence electrons. The van der Waals surface area contributed by atoms with E-state index in [9.17, 15) is 9.18 Å². The number of nitrogens with zero attached hydrogens (tertiary/aromatic N) is 1. The van der Waals surface area contributed by atoms with Gasteiger partial charge >= 0.3 is 0 Å². The van der Waals surface area contributed by atoms with E-state index in [1.807, 2.05) is 6.92 Å². The molecule has 5 nitrogen and oxygen atoms in total. The Morgan fingerprint density at radius 3 is 2.94 bits per heavy atom. The number of aromatic nitrogens is 1. The summed E-state index contributed by atoms with van der Waals surface area (Å²) in [5.41, 5.74) is 0.177. The van der Waals surface area contributed by atoms with Crippen molar-refractivity contribution in [2.75, 3.05) is 26.0 Å². The zero-order valence-electron chi connectivity index (χ0n) is 10.1. The van der Waals surface area contributed by atoms with E-state index in [1.54, 1.807) is 14.2 Å². The van der Waals surface area contributed by atoms with Crippen molar-refractivity contribution in [3.63, 3.8) is 0 Å². The van der Waals surface area contributed by atoms with Crippen molar-refractivity contribution in [2.45, 2.75) is 13.0 Å². The predicted molar refractivity (Wildman–Crippen MR) is 62.5 cm³/mol. The third-order valence-electron chi connectivity index (χ3n) is 2.29. The van der Waals surface area contributed by atoms with Crippen molar-refractivity contribution in [2.24, 2.45) is 0 Å². The number of anilines is 1. The number of hydrogen-bond acceptors (Lipinski definition) is 4. The lowest BCUT2D eigenvalue weighted by Gasteiger charge is -2.12. The number of pyridine rings is 1. The minimum atomic E-state index is -0.547. The van der Waals surface area contributed by atoms with E-state index in [1.165, 1.54) is 0 Å². The second-order valence-electron chi connectivity index (χ2n) is 3.56. The molecule has 0 saturated carbocycles. The average molecular weight is 241 g/mol. The predicted octanol–water partition coefficient (Wildman–Crippen LogP) is 1.03. The molecule has 0 aliphatic heterocycles. The quantitative estimate of drug-likeness (QED) is 0.808. The van der Waals surface area contributed by atoms with Crippen molar-refractivity contribution < 1.29 is 13.9 Å². The molecule has 6 heteroatoms. The second kappa shape index (κ2) is 6.15. The van der Waals surface area contributed by atoms with E-state index >= 15 is 0 Å². The number of carbonyl (C=O) groups is 1. The first-order valence-corrected chi connectivity index (χ1v) is 5.22. The maximum absolute atomic E-state index is 13.0. The van der Waals surface area contributed by atoms with Crippen molar-refractivity contribution in [3.8, 4) is 0 Å². The molecule has 1 unspecified atom stereocenters. The summed E-state index contributed by atoms with van der Waals surface area (Å²) in [5, 5.41) is 5.38. The van der Waals surface area contributed by atoms with E-state index in [4.69, 9.17) is 4.74 Å². The Morgan fingerprint density at radius 2 is 2.35 bits per heavy atom. The molecule has 0 aliphatic carbocycles. The van der Waals surface area contributed by atoms with Crippen LogP contribution in [0, 0.1) is 5.82 Å². The summed E-state index contributed by atoms with van der Waals surface area (Å²) in [4.78, 5) is 15.6. The fourth-order valence-corrected chi connectivity index (χ4v) is 1.23. The van der Waals surface area contributed by atoms with Crippen LogP contribution < -0.4 is 10.6 Å². The summed E-state index contributed by atoms with van der Waals surface area (Å²) in [6.07, 6.45) is 0.957. The third kappa shape index (κ3) is 3.67. The van der Waals surface area contributed by atoms with Crippen LogP contribution in [0.4, 0.5) is 10.2 Å². The maximum atomic E-state index is 13.0. The summed E-state index contributed by atoms with van der Waals surface area (Å²) in [7, 11) is 3.17. The number of ether oxygens (including phenoxy) is 1. The van der Waals surface area contributed by atoms with Gasteiger partial charge in [0.1, 0.15) is 11.6 Å². The molecule has 1 atom stereocenters. The van der Waals surface area contributed by atoms with Crippen LogP contribution in [-0.2, 0) is 4.74 Å². The first kappa shape index (κ1) is 13.4. The Kier molecular flexibility index (Phi) is 4.84. The van der Waals surface area contributed by atoms with Crippen molar-refractivity contribution >= 4 is 11.7 Å². The van der Waals surface area contributed by atoms with Crippen LogP contribution in [0.1, 0.15) is 17.3 Å². The van der Waals surface area contributed by atoms with E-state index in [2.05, 4.69) is 15.6 Å². The topological polar surface area (TPSA) is 63.2 Å². The van der Waals surface area contributed by atoms with Crippen LogP contribution in [0.2, 0.25) is 0 Å². The molecule has 0 aliphatic rings. The van der Waals surface area contributed by atoms with Crippen LogP contribution in [0.25, 0.3) is 0 Å². The monoisotopic (exact) mass is 241 g/mol. The SMILES string of the molecule is CNc1ncc(F)cc1C(=O)NCC(C)OC. The largest absolute Gasteiger partial charge is 0.380 e. The molecule has 1 aromatic heterocycles. The van der Waals surface area contributed by atoms with Crippen molar-refractivity contribution in [3.05, 3.63) is 23.6 Å². The number of rotatable bonds is 5. The van der Waals surface area contributed by atoms with Gasteiger partial charge in [-0.3, -0.25) is 4.79 Å². The van der Waals surface area contributed by atoms with Crippen LogP contribution in [0.3, 0.4) is 0 Å². The van der Waals surface area contributed by atoms with Gasteiger partial charge < -0.3 is 15.4 Å². The Morgan fingerprint density at radius 1 is 1.65 bits per heavy atom. The number of amides is 1. The zero-order chi connectivity index (χ0) is 12.8. The van der Waals surface area contributed by atoms with Gasteiger partial charge in [-0.15, -0.1) is 0 Å². The molecule has 1 heterocycles. The van der Waals surface area contributed by atoms with Gasteiger partial charge in [-0.25, -0.2) is 9.37 Å². The molecule has 0 radical (unpaired) electrons. The highest BCUT2D eigenvalue weighted by Crippen LogP contribution is 2.12. The van der Waals surface area contributed by atoms with Crippen molar-refractivity contribution in [1.29, 1.82) is 0 Å². The lowest BCUT2D eigenvalue weighted by Crippen LogP contribution is -2.32. The summed E-state index contributed by atoms with van der Waals surface area (Å²) >= 11 is 0. The highest BCUT2D eigenvalue weighted by Gasteiger charge is 2.13. The van der Waals surface area contributed by atoms with Gasteiger partial charge in [0.15, 0.2) is 0 Å². The van der Waals surface area contributed by atoms with Gasteiger partial charge in [-0.1, -0.05) is 0 Å². The molecule has 0 bridgehead atoms. The molecule has 1 amide bonds. The highest BCUT2D eigenvalue weighted by atomic mass is 19.1. The summed E-state index contributed by atoms with van der Waals surface area (Å²) in [5.74, 6) is -0.590. The molecule has 0 fully saturated rings. The van der Waals surface area contributed by atoms with E-state index in [0.29, 0.717) is 12.4 Å². The first-order chi connectivity index (χ1) is 8.08. The van der Waals surface area contributed by atoms with Crippen LogP contribution in [-0.4, -0.2) is 37.7 Å². The Bertz CT molecular complexity index is 398. The lowest BCUT2D eigenvalue weighted by molar-refractivity contribution is 0.0870. The molecule has 1 rings (SSSR count). The second-order valence-corrected chi connectivity index (χ2v) is 3.56. The van der Waals surface area contributed by atoms with Gasteiger partial charge in [-0.05, 0) is 13.0 Å². The van der Waals surface area contributed by atoms with Crippen molar-refractivity contribution in [1.82, 2.24) is 10.3 Å². The molecule has 2 N–H and O–H groups in total. The molecule has 1 aromatic rings. The average Bonchev–Trinajstić information content (AvgIpc) is 2.35. The van der Waals surface area contributed by atoms with E-state index < -0.39 is 5.82 Å². The molecule has 0 spiro atoms. The molecule has 0 saturated heterocycles. The Labute approximate surface area is 99.4 Å². The number of nitrogens with one attached hydrogen (secondary N) is 2. The number of methoxy groups -OCH3 is 1. The standard InChI is InChI=1S/C11H16FN3O2/c1-7(17-3)5-15-11(16)9-4-8(12)6-14-10(9)13-2/h4,6-7H,5H2,1-3H3,(H,13,14)(H,15,16). The third-order valence-corrected chi connectivity index (χ3v) is 2.29. The van der Waals surface area contributed by atoms with Crippen LogP contribution in [0.15, 0.2) is 12.3 Å². The fourth-order valence-electron chi connectivity index (χ4n) is 1.23. The van der Waals surface area contributed by atoms with Gasteiger partial charge in [0.2, 0.25) is 0 Å². The Balaban J connectivity index is 2.77. The molecule has 0 aromatic carbocycles. The number of halogens is 1. The molecule has 17 heavy (non-hydrogen) atoms. The van der Waals surface area contributed by atoms with Crippen LogP contribution >= 0.6 is 0 Å². The van der Waals surface area contributed by atoms with E-state index in [-0.39, 0.29) is 17.6 Å². The van der Waals surface area contributed by atoms with Crippen LogP contribution in [0.5, 0.6) is 0 Å². The lowest BCUT2D eigenvalue weighted by atomic mass is 10.2. The number of carbonyl (C=O) groups excluding carboxylic acids is 1. The van der Waals surface area contributed by atoms with Gasteiger partial charge in [0.25, 0.3) is 5.91 Å². The summed E-state index contributed by atoms with van der Waals surface area (Å²) in [6, 6.07) is 1.14. The summed E-state index contributed by atoms with van der Waals surface area (Å²) < 4.78 is 18.0.